The molecule has 0 radical (unpaired) electrons. The summed E-state index contributed by atoms with van der Waals surface area (Å²) < 4.78 is 0. The fourth-order valence-electron chi connectivity index (χ4n) is 1.16. The van der Waals surface area contributed by atoms with Gasteiger partial charge in [0.05, 0.1) is 11.0 Å². The van der Waals surface area contributed by atoms with Gasteiger partial charge in [-0.3, -0.25) is 0 Å². The first-order chi connectivity index (χ1) is 6.16. The van der Waals surface area contributed by atoms with Crippen LogP contribution in [-0.2, 0) is 4.79 Å². The summed E-state index contributed by atoms with van der Waals surface area (Å²) in [6, 6.07) is 0. The van der Waals surface area contributed by atoms with Gasteiger partial charge < -0.3 is 5.11 Å². The molecule has 1 N–H and O–H groups in total. The maximum absolute atomic E-state index is 10.8. The van der Waals surface area contributed by atoms with Gasteiger partial charge in [-0.15, -0.1) is 23.4 Å². The Bertz CT molecular complexity index is 271. The molecule has 1 atom stereocenters. The van der Waals surface area contributed by atoms with E-state index in [9.17, 15) is 4.79 Å². The molecule has 0 saturated heterocycles. The van der Waals surface area contributed by atoms with Crippen LogP contribution in [0.1, 0.15) is 13.3 Å². The van der Waals surface area contributed by atoms with E-state index in [1.165, 1.54) is 11.8 Å². The molecule has 0 saturated carbocycles. The molecule has 0 bridgehead atoms. The molecule has 0 aliphatic heterocycles. The van der Waals surface area contributed by atoms with Crippen molar-refractivity contribution in [2.75, 3.05) is 5.75 Å². The Labute approximate surface area is 86.7 Å². The van der Waals surface area contributed by atoms with Crippen LogP contribution in [0.25, 0.3) is 0 Å². The minimum Gasteiger partial charge on any atom is -0.478 e. The number of carbonyl (C=O) groups is 1. The summed E-state index contributed by atoms with van der Waals surface area (Å²) in [4.78, 5) is 11.6. The molecule has 0 amide bonds. The number of thioether (sulfide) groups is 1. The van der Waals surface area contributed by atoms with Gasteiger partial charge in [0.1, 0.15) is 0 Å². The van der Waals surface area contributed by atoms with E-state index in [0.29, 0.717) is 5.57 Å². The van der Waals surface area contributed by atoms with Gasteiger partial charge in [0.2, 0.25) is 0 Å². The van der Waals surface area contributed by atoms with E-state index in [-0.39, 0.29) is 5.38 Å². The summed E-state index contributed by atoms with van der Waals surface area (Å²) in [5.41, 5.74) is 0.345. The van der Waals surface area contributed by atoms with E-state index in [0.717, 1.165) is 17.1 Å². The molecule has 0 fully saturated rings. The molecule has 0 heterocycles. The molecule has 1 rings (SSSR count). The van der Waals surface area contributed by atoms with Crippen molar-refractivity contribution in [1.82, 2.24) is 0 Å². The van der Waals surface area contributed by atoms with E-state index in [4.69, 9.17) is 16.7 Å². The Balaban J connectivity index is 2.97. The number of rotatable bonds is 3. The van der Waals surface area contributed by atoms with Crippen LogP contribution in [0.15, 0.2) is 22.6 Å². The minimum absolute atomic E-state index is 0.166. The molecule has 0 aromatic heterocycles. The quantitative estimate of drug-likeness (QED) is 0.740. The third-order valence-corrected chi connectivity index (χ3v) is 3.34. The lowest BCUT2D eigenvalue weighted by molar-refractivity contribution is -0.132. The molecule has 0 aromatic rings. The Morgan fingerprint density at radius 3 is 3.08 bits per heavy atom. The Morgan fingerprint density at radius 2 is 2.54 bits per heavy atom. The van der Waals surface area contributed by atoms with Crippen molar-refractivity contribution in [3.63, 3.8) is 0 Å². The van der Waals surface area contributed by atoms with Gasteiger partial charge in [-0.25, -0.2) is 4.79 Å². The summed E-state index contributed by atoms with van der Waals surface area (Å²) in [7, 11) is 0. The van der Waals surface area contributed by atoms with Gasteiger partial charge >= 0.3 is 5.97 Å². The highest BCUT2D eigenvalue weighted by atomic mass is 35.5. The Kier molecular flexibility index (Phi) is 3.88. The first-order valence-corrected chi connectivity index (χ1v) is 5.50. The van der Waals surface area contributed by atoms with Crippen LogP contribution in [0.5, 0.6) is 0 Å². The maximum atomic E-state index is 10.8. The third kappa shape index (κ3) is 2.51. The first kappa shape index (κ1) is 10.7. The molecule has 0 unspecified atom stereocenters. The second-order valence-corrected chi connectivity index (χ2v) is 4.45. The topological polar surface area (TPSA) is 37.3 Å². The largest absolute Gasteiger partial charge is 0.478 e. The van der Waals surface area contributed by atoms with Crippen molar-refractivity contribution in [2.45, 2.75) is 18.7 Å². The summed E-state index contributed by atoms with van der Waals surface area (Å²) in [6.45, 7) is 1.99. The van der Waals surface area contributed by atoms with Crippen LogP contribution < -0.4 is 0 Å². The Morgan fingerprint density at radius 1 is 1.85 bits per heavy atom. The number of halogens is 1. The lowest BCUT2D eigenvalue weighted by Crippen LogP contribution is -2.12. The summed E-state index contributed by atoms with van der Waals surface area (Å²) in [5, 5.41) is 8.71. The summed E-state index contributed by atoms with van der Waals surface area (Å²) >= 11 is 7.52. The standard InChI is InChI=1S/C9H11ClO2S/c1-2-13-8-6(9(11)12)4-3-5-7(8)10/h3-4,7H,2,5H2,1H3,(H,11,12)/t7-/m0/s1. The molecule has 4 heteroatoms. The smallest absolute Gasteiger partial charge is 0.336 e. The number of aliphatic carboxylic acids is 1. The number of allylic oxidation sites excluding steroid dienone is 2. The fraction of sp³-hybridized carbons (Fsp3) is 0.444. The number of carboxylic acid groups (broad SMARTS) is 1. The second-order valence-electron chi connectivity index (χ2n) is 2.62. The van der Waals surface area contributed by atoms with Crippen molar-refractivity contribution < 1.29 is 9.90 Å². The maximum Gasteiger partial charge on any atom is 0.336 e. The van der Waals surface area contributed by atoms with Crippen LogP contribution in [0.4, 0.5) is 0 Å². The van der Waals surface area contributed by atoms with Gasteiger partial charge in [0.15, 0.2) is 0 Å². The van der Waals surface area contributed by atoms with E-state index < -0.39 is 5.97 Å². The highest BCUT2D eigenvalue weighted by molar-refractivity contribution is 8.03. The second kappa shape index (κ2) is 4.72. The normalized spacial score (nSPS) is 22.2. The average Bonchev–Trinajstić information content (AvgIpc) is 2.08. The van der Waals surface area contributed by atoms with Crippen molar-refractivity contribution >= 4 is 29.3 Å². The molecule has 1 aliphatic rings. The van der Waals surface area contributed by atoms with Crippen molar-refractivity contribution in [2.24, 2.45) is 0 Å². The lowest BCUT2D eigenvalue weighted by atomic mass is 10.1. The monoisotopic (exact) mass is 218 g/mol. The highest BCUT2D eigenvalue weighted by Crippen LogP contribution is 2.32. The number of hydrogen-bond acceptors (Lipinski definition) is 2. The zero-order valence-corrected chi connectivity index (χ0v) is 8.86. The van der Waals surface area contributed by atoms with Crippen molar-refractivity contribution in [3.8, 4) is 0 Å². The number of alkyl halides is 1. The zero-order valence-electron chi connectivity index (χ0n) is 7.29. The van der Waals surface area contributed by atoms with Crippen LogP contribution in [0.3, 0.4) is 0 Å². The van der Waals surface area contributed by atoms with Gasteiger partial charge in [0.25, 0.3) is 0 Å². The summed E-state index contributed by atoms with van der Waals surface area (Å²) in [6.07, 6.45) is 4.17. The fourth-order valence-corrected chi connectivity index (χ4v) is 2.47. The minimum atomic E-state index is -0.891. The van der Waals surface area contributed by atoms with E-state index >= 15 is 0 Å². The highest BCUT2D eigenvalue weighted by Gasteiger charge is 2.21. The lowest BCUT2D eigenvalue weighted by Gasteiger charge is -2.17. The van der Waals surface area contributed by atoms with Crippen LogP contribution in [0, 0.1) is 0 Å². The first-order valence-electron chi connectivity index (χ1n) is 4.07. The molecular weight excluding hydrogens is 208 g/mol. The predicted octanol–water partition coefficient (Wildman–Crippen LogP) is 2.65. The zero-order chi connectivity index (χ0) is 9.84. The number of hydrogen-bond donors (Lipinski definition) is 1. The predicted molar refractivity (Wildman–Crippen MR) is 56.2 cm³/mol. The Hall–Kier alpha value is -0.410. The molecule has 0 spiro atoms. The molecule has 0 aromatic carbocycles. The van der Waals surface area contributed by atoms with Gasteiger partial charge in [0, 0.05) is 4.91 Å². The van der Waals surface area contributed by atoms with Gasteiger partial charge in [-0.2, -0.15) is 0 Å². The van der Waals surface area contributed by atoms with E-state index in [1.807, 2.05) is 6.92 Å². The van der Waals surface area contributed by atoms with Crippen molar-refractivity contribution in [1.29, 1.82) is 0 Å². The van der Waals surface area contributed by atoms with Gasteiger partial charge in [-0.1, -0.05) is 19.1 Å². The SMILES string of the molecule is CCSC1=C(C(=O)O)C=CC[C@@H]1Cl. The third-order valence-electron chi connectivity index (χ3n) is 1.71. The van der Waals surface area contributed by atoms with Crippen LogP contribution >= 0.6 is 23.4 Å². The van der Waals surface area contributed by atoms with E-state index in [2.05, 4.69) is 0 Å². The van der Waals surface area contributed by atoms with Gasteiger partial charge in [-0.05, 0) is 12.2 Å². The van der Waals surface area contributed by atoms with E-state index in [1.54, 1.807) is 12.2 Å². The summed E-state index contributed by atoms with van der Waals surface area (Å²) in [5.74, 6) is -0.0408. The molecule has 2 nitrogen and oxygen atoms in total. The van der Waals surface area contributed by atoms with Crippen molar-refractivity contribution in [3.05, 3.63) is 22.6 Å². The number of carboxylic acids is 1. The molecular formula is C9H11ClO2S. The van der Waals surface area contributed by atoms with Crippen LogP contribution in [0.2, 0.25) is 0 Å². The average molecular weight is 219 g/mol. The molecule has 1 aliphatic carbocycles. The molecule has 13 heavy (non-hydrogen) atoms. The van der Waals surface area contributed by atoms with Crippen LogP contribution in [-0.4, -0.2) is 22.2 Å². The molecule has 72 valence electrons.